The molecule has 2 heterocycles. The van der Waals surface area contributed by atoms with Crippen molar-refractivity contribution in [1.82, 2.24) is 4.98 Å². The van der Waals surface area contributed by atoms with Gasteiger partial charge in [0.1, 0.15) is 0 Å². The van der Waals surface area contributed by atoms with Gasteiger partial charge in [-0.05, 0) is 31.5 Å². The van der Waals surface area contributed by atoms with Crippen molar-refractivity contribution >= 4 is 5.69 Å². The number of rotatable bonds is 4. The van der Waals surface area contributed by atoms with Crippen LogP contribution >= 0.6 is 0 Å². The van der Waals surface area contributed by atoms with Crippen LogP contribution in [0.5, 0.6) is 0 Å². The van der Waals surface area contributed by atoms with Gasteiger partial charge in [0.25, 0.3) is 0 Å². The van der Waals surface area contributed by atoms with Gasteiger partial charge in [-0.15, -0.1) is 0 Å². The standard InChI is InChI=1S/C12H19N3O/c13-4-1-2-11-10-12(3-5-14-11)15-6-8-16-9-7-15/h3,5,10H,1-2,4,6-9,13H2. The fourth-order valence-corrected chi connectivity index (χ4v) is 1.90. The molecule has 0 amide bonds. The average molecular weight is 221 g/mol. The molecule has 1 aliphatic rings. The molecule has 1 saturated heterocycles. The Labute approximate surface area is 96.4 Å². The predicted octanol–water partition coefficient (Wildman–Crippen LogP) is 0.809. The summed E-state index contributed by atoms with van der Waals surface area (Å²) in [4.78, 5) is 6.70. The molecule has 2 rings (SSSR count). The van der Waals surface area contributed by atoms with E-state index in [1.807, 2.05) is 6.20 Å². The van der Waals surface area contributed by atoms with Gasteiger partial charge in [-0.3, -0.25) is 4.98 Å². The number of hydrogen-bond acceptors (Lipinski definition) is 4. The topological polar surface area (TPSA) is 51.4 Å². The molecule has 1 fully saturated rings. The van der Waals surface area contributed by atoms with Crippen molar-refractivity contribution in [3.63, 3.8) is 0 Å². The van der Waals surface area contributed by atoms with E-state index in [1.54, 1.807) is 0 Å². The van der Waals surface area contributed by atoms with Crippen LogP contribution in [0.1, 0.15) is 12.1 Å². The lowest BCUT2D eigenvalue weighted by Crippen LogP contribution is -2.36. The number of hydrogen-bond donors (Lipinski definition) is 1. The van der Waals surface area contributed by atoms with Crippen LogP contribution in [0.15, 0.2) is 18.3 Å². The van der Waals surface area contributed by atoms with Crippen LogP contribution in [0.4, 0.5) is 5.69 Å². The smallest absolute Gasteiger partial charge is 0.0642 e. The average Bonchev–Trinajstić information content (AvgIpc) is 2.38. The van der Waals surface area contributed by atoms with E-state index in [-0.39, 0.29) is 0 Å². The van der Waals surface area contributed by atoms with E-state index in [0.717, 1.165) is 51.4 Å². The van der Waals surface area contributed by atoms with Crippen LogP contribution in [0, 0.1) is 0 Å². The molecule has 1 aliphatic heterocycles. The summed E-state index contributed by atoms with van der Waals surface area (Å²) < 4.78 is 5.34. The minimum absolute atomic E-state index is 0.726. The summed E-state index contributed by atoms with van der Waals surface area (Å²) in [7, 11) is 0. The molecule has 0 atom stereocenters. The maximum atomic E-state index is 5.50. The van der Waals surface area contributed by atoms with E-state index in [9.17, 15) is 0 Å². The zero-order valence-corrected chi connectivity index (χ0v) is 9.56. The largest absolute Gasteiger partial charge is 0.378 e. The van der Waals surface area contributed by atoms with Gasteiger partial charge in [0.2, 0.25) is 0 Å². The first kappa shape index (κ1) is 11.4. The Bertz CT molecular complexity index is 324. The lowest BCUT2D eigenvalue weighted by molar-refractivity contribution is 0.122. The highest BCUT2D eigenvalue weighted by Crippen LogP contribution is 2.16. The minimum Gasteiger partial charge on any atom is -0.378 e. The van der Waals surface area contributed by atoms with Gasteiger partial charge in [-0.2, -0.15) is 0 Å². The number of ether oxygens (including phenoxy) is 1. The number of nitrogens with zero attached hydrogens (tertiary/aromatic N) is 2. The molecule has 1 aromatic rings. The SMILES string of the molecule is NCCCc1cc(N2CCOCC2)ccn1. The molecule has 4 nitrogen and oxygen atoms in total. The molecule has 0 radical (unpaired) electrons. The summed E-state index contributed by atoms with van der Waals surface area (Å²) in [5.41, 5.74) is 7.89. The number of morpholine rings is 1. The van der Waals surface area contributed by atoms with E-state index in [2.05, 4.69) is 22.0 Å². The zero-order valence-electron chi connectivity index (χ0n) is 9.56. The van der Waals surface area contributed by atoms with Crippen LogP contribution in [0.25, 0.3) is 0 Å². The van der Waals surface area contributed by atoms with E-state index < -0.39 is 0 Å². The van der Waals surface area contributed by atoms with E-state index in [0.29, 0.717) is 0 Å². The molecular weight excluding hydrogens is 202 g/mol. The molecule has 0 spiro atoms. The summed E-state index contributed by atoms with van der Waals surface area (Å²) in [5, 5.41) is 0. The van der Waals surface area contributed by atoms with Crippen molar-refractivity contribution in [2.75, 3.05) is 37.7 Å². The molecule has 88 valence electrons. The highest BCUT2D eigenvalue weighted by Gasteiger charge is 2.11. The Hall–Kier alpha value is -1.13. The summed E-state index contributed by atoms with van der Waals surface area (Å²) in [6, 6.07) is 4.23. The Kier molecular flexibility index (Phi) is 4.13. The molecule has 16 heavy (non-hydrogen) atoms. The second-order valence-corrected chi connectivity index (χ2v) is 4.00. The molecule has 0 saturated carbocycles. The van der Waals surface area contributed by atoms with E-state index in [1.165, 1.54) is 5.69 Å². The van der Waals surface area contributed by atoms with Crippen LogP contribution in [-0.4, -0.2) is 37.8 Å². The van der Waals surface area contributed by atoms with Crippen molar-refractivity contribution in [2.45, 2.75) is 12.8 Å². The molecule has 4 heteroatoms. The van der Waals surface area contributed by atoms with Gasteiger partial charge in [0, 0.05) is 30.7 Å². The van der Waals surface area contributed by atoms with E-state index in [4.69, 9.17) is 10.5 Å². The van der Waals surface area contributed by atoms with Gasteiger partial charge < -0.3 is 15.4 Å². The highest BCUT2D eigenvalue weighted by molar-refractivity contribution is 5.46. The maximum Gasteiger partial charge on any atom is 0.0642 e. The molecule has 0 bridgehead atoms. The maximum absolute atomic E-state index is 5.50. The third-order valence-electron chi connectivity index (χ3n) is 2.81. The second kappa shape index (κ2) is 5.82. The van der Waals surface area contributed by atoms with Gasteiger partial charge in [0.05, 0.1) is 13.2 Å². The number of nitrogens with two attached hydrogens (primary N) is 1. The molecular formula is C12H19N3O. The molecule has 0 unspecified atom stereocenters. The predicted molar refractivity (Wildman–Crippen MR) is 64.6 cm³/mol. The van der Waals surface area contributed by atoms with Crippen molar-refractivity contribution < 1.29 is 4.74 Å². The Morgan fingerprint density at radius 1 is 1.38 bits per heavy atom. The van der Waals surface area contributed by atoms with Gasteiger partial charge in [-0.25, -0.2) is 0 Å². The summed E-state index contributed by atoms with van der Waals surface area (Å²) in [6.07, 6.45) is 3.85. The van der Waals surface area contributed by atoms with Crippen molar-refractivity contribution in [2.24, 2.45) is 5.73 Å². The summed E-state index contributed by atoms with van der Waals surface area (Å²) >= 11 is 0. The first-order chi connectivity index (χ1) is 7.90. The van der Waals surface area contributed by atoms with Crippen LogP contribution in [0.3, 0.4) is 0 Å². The first-order valence-corrected chi connectivity index (χ1v) is 5.88. The Morgan fingerprint density at radius 2 is 2.19 bits per heavy atom. The van der Waals surface area contributed by atoms with Crippen LogP contribution < -0.4 is 10.6 Å². The van der Waals surface area contributed by atoms with E-state index >= 15 is 0 Å². The number of anilines is 1. The molecule has 0 aromatic carbocycles. The monoisotopic (exact) mass is 221 g/mol. The van der Waals surface area contributed by atoms with Crippen LogP contribution in [0.2, 0.25) is 0 Å². The lowest BCUT2D eigenvalue weighted by Gasteiger charge is -2.28. The molecule has 2 N–H and O–H groups in total. The van der Waals surface area contributed by atoms with Gasteiger partial charge >= 0.3 is 0 Å². The fourth-order valence-electron chi connectivity index (χ4n) is 1.90. The lowest BCUT2D eigenvalue weighted by atomic mass is 10.2. The zero-order chi connectivity index (χ0) is 11.2. The van der Waals surface area contributed by atoms with Crippen molar-refractivity contribution in [1.29, 1.82) is 0 Å². The van der Waals surface area contributed by atoms with Crippen molar-refractivity contribution in [3.8, 4) is 0 Å². The Balaban J connectivity index is 2.02. The first-order valence-electron chi connectivity index (χ1n) is 5.88. The van der Waals surface area contributed by atoms with Gasteiger partial charge in [-0.1, -0.05) is 0 Å². The third-order valence-corrected chi connectivity index (χ3v) is 2.81. The Morgan fingerprint density at radius 3 is 2.94 bits per heavy atom. The van der Waals surface area contributed by atoms with Crippen molar-refractivity contribution in [3.05, 3.63) is 24.0 Å². The van der Waals surface area contributed by atoms with Crippen LogP contribution in [-0.2, 0) is 11.2 Å². The minimum atomic E-state index is 0.726. The summed E-state index contributed by atoms with van der Waals surface area (Å²) in [6.45, 7) is 4.31. The summed E-state index contributed by atoms with van der Waals surface area (Å²) in [5.74, 6) is 0. The highest BCUT2D eigenvalue weighted by atomic mass is 16.5. The number of pyridine rings is 1. The number of aryl methyl sites for hydroxylation is 1. The molecule has 0 aliphatic carbocycles. The normalized spacial score (nSPS) is 16.4. The molecule has 1 aromatic heterocycles. The second-order valence-electron chi connectivity index (χ2n) is 4.00. The van der Waals surface area contributed by atoms with Gasteiger partial charge in [0.15, 0.2) is 0 Å². The third kappa shape index (κ3) is 2.93. The number of aromatic nitrogens is 1. The quantitative estimate of drug-likeness (QED) is 0.817. The fraction of sp³-hybridized carbons (Fsp3) is 0.583.